The molecule has 0 unspecified atom stereocenters. The summed E-state index contributed by atoms with van der Waals surface area (Å²) < 4.78 is 18.1. The van der Waals surface area contributed by atoms with Gasteiger partial charge in [0.1, 0.15) is 5.82 Å². The van der Waals surface area contributed by atoms with Gasteiger partial charge >= 0.3 is 12.0 Å². The summed E-state index contributed by atoms with van der Waals surface area (Å²) in [5.74, 6) is -1.19. The van der Waals surface area contributed by atoms with Gasteiger partial charge in [-0.05, 0) is 44.7 Å². The maximum Gasteiger partial charge on any atom is 0.337 e. The molecule has 0 aliphatic carbocycles. The Hall–Kier alpha value is -2.94. The molecule has 9 heteroatoms. The molecule has 1 aromatic carbocycles. The third-order valence-corrected chi connectivity index (χ3v) is 4.12. The number of hydrogen-bond donors (Lipinski definition) is 3. The molecule has 0 bridgehead atoms. The second kappa shape index (κ2) is 9.84. The van der Waals surface area contributed by atoms with E-state index >= 15 is 0 Å². The number of halogens is 1. The van der Waals surface area contributed by atoms with Crippen molar-refractivity contribution in [2.24, 2.45) is 0 Å². The van der Waals surface area contributed by atoms with Crippen molar-refractivity contribution >= 4 is 23.6 Å². The largest absolute Gasteiger partial charge is 0.463 e. The Bertz CT molecular complexity index is 764. The quantitative estimate of drug-likeness (QED) is 0.584. The molecule has 1 aliphatic rings. The van der Waals surface area contributed by atoms with Crippen molar-refractivity contribution in [2.45, 2.75) is 26.3 Å². The zero-order valence-electron chi connectivity index (χ0n) is 16.2. The maximum atomic E-state index is 12.9. The molecule has 0 radical (unpaired) electrons. The van der Waals surface area contributed by atoms with Gasteiger partial charge < -0.3 is 20.7 Å². The first-order valence-corrected chi connectivity index (χ1v) is 9.05. The number of amides is 3. The Kier molecular flexibility index (Phi) is 7.51. The molecule has 0 aromatic heterocycles. The summed E-state index contributed by atoms with van der Waals surface area (Å²) in [5.41, 5.74) is 1.24. The molecular weight excluding hydrogens is 367 g/mol. The molecule has 1 heterocycles. The van der Waals surface area contributed by atoms with Crippen molar-refractivity contribution in [1.29, 1.82) is 0 Å². The Balaban J connectivity index is 2.08. The van der Waals surface area contributed by atoms with Gasteiger partial charge in [-0.3, -0.25) is 9.69 Å². The molecule has 1 atom stereocenters. The minimum atomic E-state index is -0.499. The van der Waals surface area contributed by atoms with Gasteiger partial charge in [-0.25, -0.2) is 14.0 Å². The van der Waals surface area contributed by atoms with Crippen LogP contribution < -0.4 is 16.0 Å². The van der Waals surface area contributed by atoms with Gasteiger partial charge in [0.05, 0.1) is 24.8 Å². The summed E-state index contributed by atoms with van der Waals surface area (Å²) in [6, 6.07) is 4.58. The van der Waals surface area contributed by atoms with Crippen molar-refractivity contribution < 1.29 is 23.5 Å². The van der Waals surface area contributed by atoms with Crippen molar-refractivity contribution in [1.82, 2.24) is 15.5 Å². The zero-order valence-corrected chi connectivity index (χ0v) is 16.2. The van der Waals surface area contributed by atoms with Crippen LogP contribution in [0.15, 0.2) is 35.5 Å². The van der Waals surface area contributed by atoms with E-state index in [1.165, 1.54) is 24.3 Å². The highest BCUT2D eigenvalue weighted by atomic mass is 19.1. The zero-order chi connectivity index (χ0) is 20.7. The first-order valence-electron chi connectivity index (χ1n) is 9.05. The predicted molar refractivity (Wildman–Crippen MR) is 102 cm³/mol. The molecule has 0 saturated carbocycles. The first-order chi connectivity index (χ1) is 13.3. The SMILES string of the molecule is CCOC(=O)C1=C(CN(C)CC(=O)Nc2ccc(F)cc2)NC(=O)N[C@@H]1CC. The van der Waals surface area contributed by atoms with Crippen LogP contribution in [-0.2, 0) is 14.3 Å². The fraction of sp³-hybridized carbons (Fsp3) is 0.421. The van der Waals surface area contributed by atoms with Crippen molar-refractivity contribution in [3.63, 3.8) is 0 Å². The number of nitrogens with one attached hydrogen (secondary N) is 3. The lowest BCUT2D eigenvalue weighted by atomic mass is 10.00. The third-order valence-electron chi connectivity index (χ3n) is 4.12. The first kappa shape index (κ1) is 21.4. The van der Waals surface area contributed by atoms with Crippen LogP contribution in [0.5, 0.6) is 0 Å². The van der Waals surface area contributed by atoms with E-state index in [9.17, 15) is 18.8 Å². The highest BCUT2D eigenvalue weighted by Crippen LogP contribution is 2.17. The summed E-state index contributed by atoms with van der Waals surface area (Å²) in [6.07, 6.45) is 0.528. The van der Waals surface area contributed by atoms with Crippen molar-refractivity contribution in [2.75, 3.05) is 32.1 Å². The molecule has 0 spiro atoms. The highest BCUT2D eigenvalue weighted by Gasteiger charge is 2.31. The van der Waals surface area contributed by atoms with Crippen LogP contribution in [0, 0.1) is 5.82 Å². The molecule has 3 N–H and O–H groups in total. The Morgan fingerprint density at radius 2 is 1.93 bits per heavy atom. The molecule has 0 fully saturated rings. The van der Waals surface area contributed by atoms with Gasteiger partial charge in [0.25, 0.3) is 0 Å². The van der Waals surface area contributed by atoms with Gasteiger partial charge in [-0.1, -0.05) is 6.92 Å². The van der Waals surface area contributed by atoms with E-state index in [1.807, 2.05) is 6.92 Å². The number of likely N-dealkylation sites (N-methyl/N-ethyl adjacent to an activating group) is 1. The second-order valence-electron chi connectivity index (χ2n) is 6.40. The lowest BCUT2D eigenvalue weighted by Gasteiger charge is -2.30. The van der Waals surface area contributed by atoms with E-state index in [2.05, 4.69) is 16.0 Å². The van der Waals surface area contributed by atoms with Crippen LogP contribution >= 0.6 is 0 Å². The van der Waals surface area contributed by atoms with E-state index in [-0.39, 0.29) is 31.4 Å². The summed E-state index contributed by atoms with van der Waals surface area (Å²) in [6.45, 7) is 3.97. The molecule has 0 saturated heterocycles. The summed E-state index contributed by atoms with van der Waals surface area (Å²) in [7, 11) is 1.69. The number of nitrogens with zero attached hydrogens (tertiary/aromatic N) is 1. The van der Waals surface area contributed by atoms with E-state index in [1.54, 1.807) is 18.9 Å². The van der Waals surface area contributed by atoms with Gasteiger partial charge in [0.15, 0.2) is 0 Å². The number of benzene rings is 1. The minimum Gasteiger partial charge on any atom is -0.463 e. The number of carbonyl (C=O) groups excluding carboxylic acids is 3. The summed E-state index contributed by atoms with van der Waals surface area (Å²) >= 11 is 0. The fourth-order valence-electron chi connectivity index (χ4n) is 2.89. The van der Waals surface area contributed by atoms with Crippen molar-refractivity contribution in [3.8, 4) is 0 Å². The lowest BCUT2D eigenvalue weighted by molar-refractivity contribution is -0.139. The monoisotopic (exact) mass is 392 g/mol. The summed E-state index contributed by atoms with van der Waals surface area (Å²) in [4.78, 5) is 38.1. The molecule has 1 aromatic rings. The average Bonchev–Trinajstić information content (AvgIpc) is 2.62. The van der Waals surface area contributed by atoms with Gasteiger partial charge in [-0.2, -0.15) is 0 Å². The lowest BCUT2D eigenvalue weighted by Crippen LogP contribution is -2.52. The molecule has 2 rings (SSSR count). The topological polar surface area (TPSA) is 99.8 Å². The van der Waals surface area contributed by atoms with Crippen LogP contribution in [0.25, 0.3) is 0 Å². The standard InChI is InChI=1S/C19H25FN4O4/c1-4-14-17(18(26)28-5-2)15(23-19(27)22-14)10-24(3)11-16(25)21-13-8-6-12(20)7-9-13/h6-9,14H,4-5,10-11H2,1-3H3,(H,21,25)(H2,22,23,27)/t14-/m1/s1. The van der Waals surface area contributed by atoms with Gasteiger partial charge in [-0.15, -0.1) is 0 Å². The highest BCUT2D eigenvalue weighted by molar-refractivity contribution is 5.95. The smallest absolute Gasteiger partial charge is 0.337 e. The van der Waals surface area contributed by atoms with Crippen LogP contribution in [0.3, 0.4) is 0 Å². The van der Waals surface area contributed by atoms with E-state index in [0.29, 0.717) is 23.4 Å². The minimum absolute atomic E-state index is 0.0110. The molecule has 8 nitrogen and oxygen atoms in total. The van der Waals surface area contributed by atoms with Crippen LogP contribution in [0.2, 0.25) is 0 Å². The van der Waals surface area contributed by atoms with Crippen molar-refractivity contribution in [3.05, 3.63) is 41.4 Å². The average molecular weight is 392 g/mol. The maximum absolute atomic E-state index is 12.9. The van der Waals surface area contributed by atoms with E-state index in [4.69, 9.17) is 4.74 Å². The molecule has 152 valence electrons. The Morgan fingerprint density at radius 1 is 1.25 bits per heavy atom. The fourth-order valence-corrected chi connectivity index (χ4v) is 2.89. The number of anilines is 1. The van der Waals surface area contributed by atoms with E-state index in [0.717, 1.165) is 0 Å². The molecule has 28 heavy (non-hydrogen) atoms. The number of rotatable bonds is 8. The van der Waals surface area contributed by atoms with Crippen LogP contribution in [-0.4, -0.2) is 55.6 Å². The second-order valence-corrected chi connectivity index (χ2v) is 6.40. The van der Waals surface area contributed by atoms with Gasteiger partial charge in [0, 0.05) is 17.9 Å². The normalized spacial score (nSPS) is 16.5. The third kappa shape index (κ3) is 5.78. The van der Waals surface area contributed by atoms with E-state index < -0.39 is 18.0 Å². The Labute approximate surface area is 163 Å². The molecule has 3 amide bonds. The molecular formula is C19H25FN4O4. The van der Waals surface area contributed by atoms with Gasteiger partial charge in [0.2, 0.25) is 5.91 Å². The molecule has 1 aliphatic heterocycles. The number of esters is 1. The number of ether oxygens (including phenoxy) is 1. The van der Waals surface area contributed by atoms with Crippen LogP contribution in [0.1, 0.15) is 20.3 Å². The predicted octanol–water partition coefficient (Wildman–Crippen LogP) is 1.60. The number of carbonyl (C=O) groups is 3. The van der Waals surface area contributed by atoms with Crippen LogP contribution in [0.4, 0.5) is 14.9 Å². The number of hydrogen-bond acceptors (Lipinski definition) is 5. The Morgan fingerprint density at radius 3 is 2.54 bits per heavy atom. The summed E-state index contributed by atoms with van der Waals surface area (Å²) in [5, 5.41) is 8.01. The number of urea groups is 1.